The van der Waals surface area contributed by atoms with Gasteiger partial charge >= 0.3 is 17.7 Å². The van der Waals surface area contributed by atoms with Gasteiger partial charge < -0.3 is 24.9 Å². The van der Waals surface area contributed by atoms with Gasteiger partial charge in [0.15, 0.2) is 0 Å². The standard InChI is InChI=1S/C35H28N2O7/c38-32(39)17-22-18-33(40)44-31-19-23(14-15-24(22)31)36-34(41)30(16-21-8-2-1-3-9-21)37-35(42)43-20-29-27-12-6-4-10-25(27)26-11-5-7-13-28(26)29/h1-15,18-19,29-30H,16-17,20H2,(H,36,41)(H,37,42)(H,38,39)/t30-/m0/s1. The Bertz CT molecular complexity index is 1890. The highest BCUT2D eigenvalue weighted by molar-refractivity contribution is 5.98. The van der Waals surface area contributed by atoms with E-state index in [-0.39, 0.29) is 30.9 Å². The van der Waals surface area contributed by atoms with Crippen LogP contribution in [0.4, 0.5) is 10.5 Å². The van der Waals surface area contributed by atoms with Crippen molar-refractivity contribution in [3.63, 3.8) is 0 Å². The van der Waals surface area contributed by atoms with Crippen LogP contribution in [-0.2, 0) is 27.2 Å². The van der Waals surface area contributed by atoms with E-state index >= 15 is 0 Å². The van der Waals surface area contributed by atoms with Gasteiger partial charge in [-0.15, -0.1) is 0 Å². The van der Waals surface area contributed by atoms with Crippen LogP contribution < -0.4 is 16.3 Å². The number of carboxylic acid groups (broad SMARTS) is 1. The lowest BCUT2D eigenvalue weighted by molar-refractivity contribution is -0.136. The number of rotatable bonds is 9. The quantitative estimate of drug-likeness (QED) is 0.193. The lowest BCUT2D eigenvalue weighted by Gasteiger charge is -2.20. The van der Waals surface area contributed by atoms with E-state index in [1.807, 2.05) is 66.7 Å². The van der Waals surface area contributed by atoms with Crippen molar-refractivity contribution in [3.05, 3.63) is 136 Å². The van der Waals surface area contributed by atoms with Gasteiger partial charge in [0.1, 0.15) is 18.2 Å². The average molecular weight is 589 g/mol. The van der Waals surface area contributed by atoms with E-state index in [0.717, 1.165) is 33.9 Å². The maximum atomic E-state index is 13.5. The fourth-order valence-corrected chi connectivity index (χ4v) is 5.69. The zero-order valence-electron chi connectivity index (χ0n) is 23.5. The lowest BCUT2D eigenvalue weighted by Crippen LogP contribution is -2.45. The Morgan fingerprint density at radius 3 is 2.18 bits per heavy atom. The smallest absolute Gasteiger partial charge is 0.407 e. The van der Waals surface area contributed by atoms with Crippen LogP contribution in [0.5, 0.6) is 0 Å². The third-order valence-electron chi connectivity index (χ3n) is 7.67. The third-order valence-corrected chi connectivity index (χ3v) is 7.67. The topological polar surface area (TPSA) is 135 Å². The van der Waals surface area contributed by atoms with Crippen molar-refractivity contribution in [2.75, 3.05) is 11.9 Å². The molecule has 1 aliphatic rings. The summed E-state index contributed by atoms with van der Waals surface area (Å²) in [5.41, 5.74) is 5.26. The fourth-order valence-electron chi connectivity index (χ4n) is 5.69. The molecule has 0 radical (unpaired) electrons. The molecule has 0 fully saturated rings. The van der Waals surface area contributed by atoms with Crippen LogP contribution in [0.1, 0.15) is 28.2 Å². The molecule has 44 heavy (non-hydrogen) atoms. The molecule has 3 N–H and O–H groups in total. The molecule has 9 heteroatoms. The molecule has 220 valence electrons. The first-order valence-corrected chi connectivity index (χ1v) is 14.1. The van der Waals surface area contributed by atoms with Crippen molar-refractivity contribution in [3.8, 4) is 11.1 Å². The van der Waals surface area contributed by atoms with Crippen LogP contribution >= 0.6 is 0 Å². The number of aliphatic carboxylic acids is 1. The van der Waals surface area contributed by atoms with E-state index in [1.165, 1.54) is 6.07 Å². The van der Waals surface area contributed by atoms with Gasteiger partial charge in [-0.05, 0) is 45.5 Å². The number of carbonyl (C=O) groups is 3. The molecule has 0 bridgehead atoms. The monoisotopic (exact) mass is 588 g/mol. The molecule has 0 spiro atoms. The summed E-state index contributed by atoms with van der Waals surface area (Å²) in [5.74, 6) is -1.73. The number of anilines is 1. The highest BCUT2D eigenvalue weighted by atomic mass is 16.5. The second-order valence-electron chi connectivity index (χ2n) is 10.6. The number of ether oxygens (including phenoxy) is 1. The Hall–Kier alpha value is -5.70. The summed E-state index contributed by atoms with van der Waals surface area (Å²) < 4.78 is 11.0. The normalized spacial score (nSPS) is 12.6. The van der Waals surface area contributed by atoms with Crippen molar-refractivity contribution in [2.24, 2.45) is 0 Å². The molecule has 9 nitrogen and oxygen atoms in total. The van der Waals surface area contributed by atoms with Gasteiger partial charge in [-0.2, -0.15) is 0 Å². The van der Waals surface area contributed by atoms with Gasteiger partial charge in [0.05, 0.1) is 6.42 Å². The number of carboxylic acids is 1. The first-order chi connectivity index (χ1) is 21.4. The highest BCUT2D eigenvalue weighted by Crippen LogP contribution is 2.44. The summed E-state index contributed by atoms with van der Waals surface area (Å²) in [4.78, 5) is 49.9. The van der Waals surface area contributed by atoms with Gasteiger partial charge in [-0.1, -0.05) is 78.9 Å². The molecule has 1 aliphatic carbocycles. The zero-order valence-corrected chi connectivity index (χ0v) is 23.5. The van der Waals surface area contributed by atoms with Crippen molar-refractivity contribution in [2.45, 2.75) is 24.8 Å². The molecular formula is C35H28N2O7. The minimum absolute atomic E-state index is 0.0991. The Morgan fingerprint density at radius 1 is 0.841 bits per heavy atom. The predicted octanol–water partition coefficient (Wildman–Crippen LogP) is 5.51. The Morgan fingerprint density at radius 2 is 1.50 bits per heavy atom. The molecule has 0 saturated heterocycles. The van der Waals surface area contributed by atoms with Crippen LogP contribution in [0.25, 0.3) is 22.1 Å². The molecule has 4 aromatic carbocycles. The van der Waals surface area contributed by atoms with E-state index in [2.05, 4.69) is 22.8 Å². The maximum Gasteiger partial charge on any atom is 0.407 e. The van der Waals surface area contributed by atoms with Crippen LogP contribution in [0.2, 0.25) is 0 Å². The molecule has 1 heterocycles. The first kappa shape index (κ1) is 28.4. The number of benzene rings is 4. The minimum atomic E-state index is -1.09. The Balaban J connectivity index is 1.19. The summed E-state index contributed by atoms with van der Waals surface area (Å²) in [7, 11) is 0. The molecule has 0 saturated carbocycles. The van der Waals surface area contributed by atoms with Crippen LogP contribution in [-0.4, -0.2) is 35.7 Å². The maximum absolute atomic E-state index is 13.5. The van der Waals surface area contributed by atoms with E-state index < -0.39 is 29.6 Å². The third kappa shape index (κ3) is 6.07. The number of alkyl carbamates (subject to hydrolysis) is 1. The number of carbonyl (C=O) groups excluding carboxylic acids is 2. The second kappa shape index (κ2) is 12.3. The summed E-state index contributed by atoms with van der Waals surface area (Å²) in [6.07, 6.45) is -0.884. The summed E-state index contributed by atoms with van der Waals surface area (Å²) in [6.45, 7) is 0.0991. The van der Waals surface area contributed by atoms with E-state index in [9.17, 15) is 24.3 Å². The molecule has 1 atom stereocenters. The van der Waals surface area contributed by atoms with Crippen molar-refractivity contribution < 1.29 is 28.6 Å². The average Bonchev–Trinajstić information content (AvgIpc) is 3.33. The molecule has 2 amide bonds. The van der Waals surface area contributed by atoms with Gasteiger partial charge in [-0.25, -0.2) is 9.59 Å². The summed E-state index contributed by atoms with van der Waals surface area (Å²) in [6, 6.07) is 30.1. The second-order valence-corrected chi connectivity index (χ2v) is 10.6. The number of hydrogen-bond donors (Lipinski definition) is 3. The first-order valence-electron chi connectivity index (χ1n) is 14.1. The number of amides is 2. The van der Waals surface area contributed by atoms with Crippen LogP contribution in [0.3, 0.4) is 0 Å². The van der Waals surface area contributed by atoms with Gasteiger partial charge in [0, 0.05) is 35.5 Å². The molecular weight excluding hydrogens is 560 g/mol. The SMILES string of the molecule is O=C(O)Cc1cc(=O)oc2cc(NC(=O)[C@H](Cc3ccccc3)NC(=O)OCC3c4ccccc4-c4ccccc43)ccc12. The molecule has 1 aromatic heterocycles. The fraction of sp³-hybridized carbons (Fsp3) is 0.143. The molecule has 0 aliphatic heterocycles. The Kier molecular flexibility index (Phi) is 7.92. The summed E-state index contributed by atoms with van der Waals surface area (Å²) in [5, 5.41) is 15.1. The van der Waals surface area contributed by atoms with Crippen molar-refractivity contribution >= 4 is 34.6 Å². The van der Waals surface area contributed by atoms with Crippen LogP contribution in [0.15, 0.2) is 112 Å². The molecule has 5 aromatic rings. The predicted molar refractivity (Wildman–Crippen MR) is 165 cm³/mol. The van der Waals surface area contributed by atoms with Gasteiger partial charge in [0.2, 0.25) is 5.91 Å². The minimum Gasteiger partial charge on any atom is -0.481 e. The molecule has 0 unspecified atom stereocenters. The largest absolute Gasteiger partial charge is 0.481 e. The highest BCUT2D eigenvalue weighted by Gasteiger charge is 2.30. The Labute approximate surface area is 252 Å². The summed E-state index contributed by atoms with van der Waals surface area (Å²) >= 11 is 0. The van der Waals surface area contributed by atoms with Crippen molar-refractivity contribution in [1.82, 2.24) is 5.32 Å². The van der Waals surface area contributed by atoms with E-state index in [0.29, 0.717) is 16.6 Å². The van der Waals surface area contributed by atoms with E-state index in [1.54, 1.807) is 12.1 Å². The number of fused-ring (bicyclic) bond motifs is 4. The van der Waals surface area contributed by atoms with E-state index in [4.69, 9.17) is 9.15 Å². The number of hydrogen-bond acceptors (Lipinski definition) is 6. The zero-order chi connectivity index (χ0) is 30.6. The van der Waals surface area contributed by atoms with Gasteiger partial charge in [-0.3, -0.25) is 9.59 Å². The van der Waals surface area contributed by atoms with Crippen LogP contribution in [0, 0.1) is 0 Å². The van der Waals surface area contributed by atoms with Crippen molar-refractivity contribution in [1.29, 1.82) is 0 Å². The number of nitrogens with one attached hydrogen (secondary N) is 2. The molecule has 6 rings (SSSR count). The lowest BCUT2D eigenvalue weighted by atomic mass is 9.98. The van der Waals surface area contributed by atoms with Gasteiger partial charge in [0.25, 0.3) is 0 Å².